The molecule has 2 aliphatic rings. The Morgan fingerprint density at radius 1 is 1.11 bits per heavy atom. The van der Waals surface area contributed by atoms with Crippen molar-refractivity contribution < 1.29 is 4.39 Å². The summed E-state index contributed by atoms with van der Waals surface area (Å²) in [6.45, 7) is 11.5. The third-order valence-corrected chi connectivity index (χ3v) is 8.75. The molecule has 0 aromatic carbocycles. The standard InChI is InChI=1S/C25H29FN8S/c1-14(2)34-16(4)29-20-15(3)22(35-23(20)34)21-18(26)11-28-24(31-21)30-19-7-6-17(10-27-19)33-12-25(13-33)8-9-32(25)5/h6-7,10-11,14H,8-9,12-13H2,1-5H3,(H,27,28,30,31). The average Bonchev–Trinajstić information content (AvgIpc) is 3.28. The summed E-state index contributed by atoms with van der Waals surface area (Å²) in [5, 5.41) is 3.13. The molecule has 0 atom stereocenters. The number of fused-ring (bicyclic) bond motifs is 1. The molecule has 4 aromatic rings. The van der Waals surface area contributed by atoms with Crippen LogP contribution in [0.4, 0.5) is 21.8 Å². The quantitative estimate of drug-likeness (QED) is 0.424. The fourth-order valence-electron chi connectivity index (χ4n) is 5.23. The van der Waals surface area contributed by atoms with E-state index in [0.29, 0.717) is 17.3 Å². The number of pyridine rings is 1. The van der Waals surface area contributed by atoms with E-state index in [1.165, 1.54) is 30.5 Å². The normalized spacial score (nSPS) is 17.3. The van der Waals surface area contributed by atoms with Crippen molar-refractivity contribution in [2.45, 2.75) is 45.7 Å². The number of likely N-dealkylation sites (tertiary alicyclic amines) is 1. The lowest BCUT2D eigenvalue weighted by atomic mass is 9.78. The largest absolute Gasteiger partial charge is 0.366 e. The van der Waals surface area contributed by atoms with Gasteiger partial charge >= 0.3 is 0 Å². The summed E-state index contributed by atoms with van der Waals surface area (Å²) in [5.41, 5.74) is 3.59. The van der Waals surface area contributed by atoms with Gasteiger partial charge in [0.05, 0.1) is 28.5 Å². The smallest absolute Gasteiger partial charge is 0.229 e. The zero-order valence-electron chi connectivity index (χ0n) is 20.6. The predicted octanol–water partition coefficient (Wildman–Crippen LogP) is 4.92. The minimum atomic E-state index is -0.452. The van der Waals surface area contributed by atoms with Gasteiger partial charge in [0, 0.05) is 25.7 Å². The average molecular weight is 493 g/mol. The third kappa shape index (κ3) is 3.49. The highest BCUT2D eigenvalue weighted by atomic mass is 32.1. The molecule has 2 fully saturated rings. The summed E-state index contributed by atoms with van der Waals surface area (Å²) in [7, 11) is 2.20. The number of aromatic nitrogens is 5. The van der Waals surface area contributed by atoms with Crippen LogP contribution >= 0.6 is 11.3 Å². The van der Waals surface area contributed by atoms with Crippen LogP contribution in [0, 0.1) is 19.7 Å². The van der Waals surface area contributed by atoms with E-state index in [1.807, 2.05) is 26.1 Å². The van der Waals surface area contributed by atoms with E-state index in [9.17, 15) is 4.39 Å². The van der Waals surface area contributed by atoms with E-state index in [1.54, 1.807) is 0 Å². The van der Waals surface area contributed by atoms with E-state index >= 15 is 0 Å². The van der Waals surface area contributed by atoms with Crippen LogP contribution in [-0.4, -0.2) is 61.6 Å². The second-order valence-corrected chi connectivity index (χ2v) is 11.0. The molecule has 0 bridgehead atoms. The van der Waals surface area contributed by atoms with E-state index in [0.717, 1.165) is 45.4 Å². The molecule has 2 saturated heterocycles. The molecule has 2 aliphatic heterocycles. The van der Waals surface area contributed by atoms with Crippen LogP contribution in [0.25, 0.3) is 20.9 Å². The first-order chi connectivity index (χ1) is 16.8. The van der Waals surface area contributed by atoms with Gasteiger partial charge in [0.15, 0.2) is 5.82 Å². The fraction of sp³-hybridized carbons (Fsp3) is 0.440. The van der Waals surface area contributed by atoms with Crippen LogP contribution in [0.3, 0.4) is 0 Å². The van der Waals surface area contributed by atoms with Crippen molar-refractivity contribution in [2.75, 3.05) is 36.9 Å². The van der Waals surface area contributed by atoms with Crippen molar-refractivity contribution in [2.24, 2.45) is 0 Å². The highest BCUT2D eigenvalue weighted by molar-refractivity contribution is 7.22. The Kier molecular flexibility index (Phi) is 5.08. The molecule has 10 heteroatoms. The molecule has 1 N–H and O–H groups in total. The minimum absolute atomic E-state index is 0.267. The van der Waals surface area contributed by atoms with Crippen LogP contribution in [0.5, 0.6) is 0 Å². The molecule has 0 aliphatic carbocycles. The maximum Gasteiger partial charge on any atom is 0.229 e. The molecule has 1 spiro atoms. The van der Waals surface area contributed by atoms with Crippen molar-refractivity contribution in [1.29, 1.82) is 0 Å². The molecule has 6 rings (SSSR count). The maximum atomic E-state index is 14.9. The van der Waals surface area contributed by atoms with Gasteiger partial charge in [-0.25, -0.2) is 24.3 Å². The number of likely N-dealkylation sites (N-methyl/N-ethyl adjacent to an activating group) is 1. The monoisotopic (exact) mass is 492 g/mol. The van der Waals surface area contributed by atoms with Crippen LogP contribution < -0.4 is 10.2 Å². The van der Waals surface area contributed by atoms with Crippen molar-refractivity contribution in [3.05, 3.63) is 41.7 Å². The number of rotatable bonds is 5. The number of halogens is 1. The SMILES string of the molecule is Cc1c(-c2nc(Nc3ccc(N4CC5(CCN5C)C4)cn3)ncc2F)sc2c1nc(C)n2C(C)C. The number of aryl methyl sites for hydroxylation is 2. The molecule has 35 heavy (non-hydrogen) atoms. The summed E-state index contributed by atoms with van der Waals surface area (Å²) in [6, 6.07) is 4.24. The van der Waals surface area contributed by atoms with Gasteiger partial charge in [0.2, 0.25) is 5.95 Å². The van der Waals surface area contributed by atoms with Gasteiger partial charge in [-0.1, -0.05) is 0 Å². The lowest BCUT2D eigenvalue weighted by molar-refractivity contribution is -0.0128. The number of hydrogen-bond donors (Lipinski definition) is 1. The number of nitrogens with one attached hydrogen (secondary N) is 1. The highest BCUT2D eigenvalue weighted by Gasteiger charge is 2.51. The number of anilines is 3. The summed E-state index contributed by atoms with van der Waals surface area (Å²) >= 11 is 1.52. The number of thiophene rings is 1. The fourth-order valence-corrected chi connectivity index (χ4v) is 6.65. The topological polar surface area (TPSA) is 75.0 Å². The minimum Gasteiger partial charge on any atom is -0.366 e. The van der Waals surface area contributed by atoms with Gasteiger partial charge in [-0.3, -0.25) is 4.90 Å². The van der Waals surface area contributed by atoms with Crippen LogP contribution in [0.1, 0.15) is 37.7 Å². The van der Waals surface area contributed by atoms with Gasteiger partial charge in [0.25, 0.3) is 0 Å². The first kappa shape index (κ1) is 22.4. The van der Waals surface area contributed by atoms with Crippen molar-refractivity contribution >= 4 is 39.1 Å². The molecule has 4 aromatic heterocycles. The van der Waals surface area contributed by atoms with Crippen LogP contribution in [0.2, 0.25) is 0 Å². The van der Waals surface area contributed by atoms with E-state index in [4.69, 9.17) is 4.98 Å². The molecule has 0 saturated carbocycles. The number of nitrogens with zero attached hydrogens (tertiary/aromatic N) is 7. The summed E-state index contributed by atoms with van der Waals surface area (Å²) in [6.07, 6.45) is 4.35. The Balaban J connectivity index is 1.24. The Morgan fingerprint density at radius 2 is 1.91 bits per heavy atom. The van der Waals surface area contributed by atoms with Crippen molar-refractivity contribution in [1.82, 2.24) is 29.4 Å². The van der Waals surface area contributed by atoms with Crippen molar-refractivity contribution in [3.8, 4) is 10.6 Å². The van der Waals surface area contributed by atoms with Gasteiger partial charge in [-0.2, -0.15) is 0 Å². The van der Waals surface area contributed by atoms with Gasteiger partial charge in [-0.15, -0.1) is 11.3 Å². The molecular formula is C25H29FN8S. The first-order valence-corrected chi connectivity index (χ1v) is 12.8. The van der Waals surface area contributed by atoms with Gasteiger partial charge in [-0.05, 0) is 58.9 Å². The zero-order chi connectivity index (χ0) is 24.5. The second-order valence-electron chi connectivity index (χ2n) is 10.0. The predicted molar refractivity (Wildman–Crippen MR) is 138 cm³/mol. The Morgan fingerprint density at radius 3 is 2.54 bits per heavy atom. The molecule has 0 radical (unpaired) electrons. The molecule has 8 nitrogen and oxygen atoms in total. The maximum absolute atomic E-state index is 14.9. The van der Waals surface area contributed by atoms with Crippen molar-refractivity contribution in [3.63, 3.8) is 0 Å². The summed E-state index contributed by atoms with van der Waals surface area (Å²) in [4.78, 5) is 24.6. The van der Waals surface area contributed by atoms with Gasteiger partial charge in [0.1, 0.15) is 27.7 Å². The zero-order valence-corrected chi connectivity index (χ0v) is 21.4. The summed E-state index contributed by atoms with van der Waals surface area (Å²) < 4.78 is 17.0. The number of hydrogen-bond acceptors (Lipinski definition) is 8. The highest BCUT2D eigenvalue weighted by Crippen LogP contribution is 2.41. The summed E-state index contributed by atoms with van der Waals surface area (Å²) in [5.74, 6) is 1.45. The third-order valence-electron chi connectivity index (χ3n) is 7.46. The Bertz CT molecular complexity index is 1420. The van der Waals surface area contributed by atoms with Crippen LogP contribution in [0.15, 0.2) is 24.5 Å². The van der Waals surface area contributed by atoms with E-state index in [-0.39, 0.29) is 11.7 Å². The lowest BCUT2D eigenvalue weighted by Crippen LogP contribution is -2.75. The molecule has 0 amide bonds. The van der Waals surface area contributed by atoms with Gasteiger partial charge < -0.3 is 14.8 Å². The Labute approximate surface area is 207 Å². The molecule has 0 unspecified atom stereocenters. The Hall–Kier alpha value is -3.11. The second kappa shape index (κ2) is 7.96. The van der Waals surface area contributed by atoms with E-state index in [2.05, 4.69) is 61.6 Å². The van der Waals surface area contributed by atoms with E-state index < -0.39 is 5.82 Å². The molecular weight excluding hydrogens is 463 g/mol. The van der Waals surface area contributed by atoms with Crippen LogP contribution in [-0.2, 0) is 0 Å². The molecule has 182 valence electrons. The lowest BCUT2D eigenvalue weighted by Gasteiger charge is -2.62. The number of imidazole rings is 1. The first-order valence-electron chi connectivity index (χ1n) is 12.0. The molecule has 6 heterocycles.